The number of aliphatic hydroxyl groups is 1. The van der Waals surface area contributed by atoms with E-state index in [0.717, 1.165) is 0 Å². The average molecular weight is 343 g/mol. The van der Waals surface area contributed by atoms with E-state index in [4.69, 9.17) is 5.73 Å². The second-order valence-electron chi connectivity index (χ2n) is 5.78. The second-order valence-corrected chi connectivity index (χ2v) is 5.78. The molecule has 0 spiro atoms. The van der Waals surface area contributed by atoms with Gasteiger partial charge in [0, 0.05) is 0 Å². The van der Waals surface area contributed by atoms with Crippen LogP contribution in [0.5, 0.6) is 0 Å². The summed E-state index contributed by atoms with van der Waals surface area (Å²) < 4.78 is 40.7. The number of rotatable bonds is 4. The van der Waals surface area contributed by atoms with E-state index in [1.807, 2.05) is 0 Å². The largest absolute Gasteiger partial charge is 0.377 e. The molecule has 3 aromatic carbocycles. The van der Waals surface area contributed by atoms with Gasteiger partial charge >= 0.3 is 0 Å². The van der Waals surface area contributed by atoms with Gasteiger partial charge in [-0.05, 0) is 53.1 Å². The molecule has 0 aliphatic heterocycles. The van der Waals surface area contributed by atoms with Crippen LogP contribution in [0.2, 0.25) is 0 Å². The van der Waals surface area contributed by atoms with Gasteiger partial charge < -0.3 is 10.8 Å². The SMILES string of the molecule is NC(O)C(c1ccc(F)cc1)(c1ccc(F)cc1)c1cccc(F)c1. The molecule has 1 unspecified atom stereocenters. The van der Waals surface area contributed by atoms with Gasteiger partial charge in [-0.3, -0.25) is 0 Å². The standard InChI is InChI=1S/C20H16F3NO/c21-16-8-4-13(5-9-16)20(19(24)25,14-6-10-17(22)11-7-14)15-2-1-3-18(23)12-15/h1-12,19,25H,24H2. The zero-order valence-corrected chi connectivity index (χ0v) is 13.2. The molecule has 0 fully saturated rings. The lowest BCUT2D eigenvalue weighted by Crippen LogP contribution is -2.47. The molecule has 0 aromatic heterocycles. The van der Waals surface area contributed by atoms with Crippen molar-refractivity contribution in [3.63, 3.8) is 0 Å². The van der Waals surface area contributed by atoms with Gasteiger partial charge in [0.05, 0.1) is 5.41 Å². The molecule has 2 nitrogen and oxygen atoms in total. The van der Waals surface area contributed by atoms with E-state index in [-0.39, 0.29) is 0 Å². The Kier molecular flexibility index (Phi) is 4.61. The van der Waals surface area contributed by atoms with Crippen LogP contribution in [0.1, 0.15) is 16.7 Å². The van der Waals surface area contributed by atoms with Gasteiger partial charge in [0.1, 0.15) is 23.7 Å². The van der Waals surface area contributed by atoms with Crippen LogP contribution < -0.4 is 5.73 Å². The summed E-state index contributed by atoms with van der Waals surface area (Å²) in [5, 5.41) is 10.5. The highest BCUT2D eigenvalue weighted by atomic mass is 19.1. The number of hydrogen-bond acceptors (Lipinski definition) is 2. The smallest absolute Gasteiger partial charge is 0.123 e. The van der Waals surface area contributed by atoms with E-state index in [0.29, 0.717) is 16.7 Å². The Hall–Kier alpha value is -2.63. The molecule has 0 heterocycles. The van der Waals surface area contributed by atoms with Crippen molar-refractivity contribution in [2.75, 3.05) is 0 Å². The van der Waals surface area contributed by atoms with Crippen LogP contribution in [0.15, 0.2) is 72.8 Å². The Morgan fingerprint density at radius 1 is 0.680 bits per heavy atom. The minimum atomic E-state index is -1.48. The van der Waals surface area contributed by atoms with Crippen molar-refractivity contribution in [1.29, 1.82) is 0 Å². The molecule has 0 saturated heterocycles. The first-order valence-corrected chi connectivity index (χ1v) is 7.66. The maximum absolute atomic E-state index is 13.9. The Morgan fingerprint density at radius 3 is 1.56 bits per heavy atom. The Labute approximate surface area is 143 Å². The molecule has 3 rings (SSSR count). The molecular formula is C20H16F3NO. The van der Waals surface area contributed by atoms with E-state index in [9.17, 15) is 18.3 Å². The van der Waals surface area contributed by atoms with Gasteiger partial charge in [-0.15, -0.1) is 0 Å². The first-order valence-electron chi connectivity index (χ1n) is 7.66. The lowest BCUT2D eigenvalue weighted by molar-refractivity contribution is 0.128. The summed E-state index contributed by atoms with van der Waals surface area (Å²) >= 11 is 0. The van der Waals surface area contributed by atoms with E-state index < -0.39 is 29.1 Å². The van der Waals surface area contributed by atoms with Gasteiger partial charge in [0.15, 0.2) is 0 Å². The lowest BCUT2D eigenvalue weighted by atomic mass is 9.68. The van der Waals surface area contributed by atoms with Crippen molar-refractivity contribution in [3.8, 4) is 0 Å². The zero-order chi connectivity index (χ0) is 18.0. The van der Waals surface area contributed by atoms with Crippen LogP contribution in [0, 0.1) is 17.5 Å². The predicted octanol–water partition coefficient (Wildman–Crippen LogP) is 3.72. The molecule has 3 aromatic rings. The monoisotopic (exact) mass is 343 g/mol. The molecule has 5 heteroatoms. The third-order valence-electron chi connectivity index (χ3n) is 4.32. The van der Waals surface area contributed by atoms with E-state index in [1.165, 1.54) is 66.7 Å². The van der Waals surface area contributed by atoms with E-state index in [1.54, 1.807) is 6.07 Å². The summed E-state index contributed by atoms with van der Waals surface area (Å²) in [7, 11) is 0. The highest BCUT2D eigenvalue weighted by Gasteiger charge is 2.42. The molecule has 0 radical (unpaired) electrons. The van der Waals surface area contributed by atoms with Gasteiger partial charge in [-0.2, -0.15) is 0 Å². The Bertz CT molecular complexity index is 815. The minimum Gasteiger partial charge on any atom is -0.377 e. The summed E-state index contributed by atoms with van der Waals surface area (Å²) in [6, 6.07) is 16.4. The third kappa shape index (κ3) is 3.04. The Balaban J connectivity index is 2.35. The summed E-state index contributed by atoms with van der Waals surface area (Å²) in [5.74, 6) is -1.42. The van der Waals surface area contributed by atoms with Gasteiger partial charge in [-0.1, -0.05) is 36.4 Å². The van der Waals surface area contributed by atoms with Crippen molar-refractivity contribution < 1.29 is 18.3 Å². The summed E-state index contributed by atoms with van der Waals surface area (Å²) in [6.45, 7) is 0. The van der Waals surface area contributed by atoms with Crippen LogP contribution in [0.3, 0.4) is 0 Å². The number of halogens is 3. The van der Waals surface area contributed by atoms with Gasteiger partial charge in [0.25, 0.3) is 0 Å². The van der Waals surface area contributed by atoms with Crippen LogP contribution in [-0.2, 0) is 5.41 Å². The first kappa shape index (κ1) is 17.2. The Morgan fingerprint density at radius 2 is 1.16 bits per heavy atom. The molecule has 0 aliphatic carbocycles. The van der Waals surface area contributed by atoms with Crippen molar-refractivity contribution in [3.05, 3.63) is 107 Å². The van der Waals surface area contributed by atoms with Gasteiger partial charge in [-0.25, -0.2) is 13.2 Å². The molecule has 128 valence electrons. The number of nitrogens with two attached hydrogens (primary N) is 1. The normalized spacial score (nSPS) is 12.8. The molecular weight excluding hydrogens is 327 g/mol. The van der Waals surface area contributed by atoms with Crippen molar-refractivity contribution >= 4 is 0 Å². The van der Waals surface area contributed by atoms with Crippen LogP contribution >= 0.6 is 0 Å². The maximum atomic E-state index is 13.9. The quantitative estimate of drug-likeness (QED) is 0.560. The number of benzene rings is 3. The number of aliphatic hydroxyl groups excluding tert-OH is 1. The maximum Gasteiger partial charge on any atom is 0.123 e. The molecule has 1 atom stereocenters. The molecule has 0 saturated carbocycles. The van der Waals surface area contributed by atoms with Gasteiger partial charge in [0.2, 0.25) is 0 Å². The molecule has 0 aliphatic rings. The molecule has 3 N–H and O–H groups in total. The lowest BCUT2D eigenvalue weighted by Gasteiger charge is -2.38. The third-order valence-corrected chi connectivity index (χ3v) is 4.32. The fourth-order valence-corrected chi connectivity index (χ4v) is 3.17. The van der Waals surface area contributed by atoms with Crippen LogP contribution in [0.4, 0.5) is 13.2 Å². The molecule has 25 heavy (non-hydrogen) atoms. The van der Waals surface area contributed by atoms with E-state index in [2.05, 4.69) is 0 Å². The topological polar surface area (TPSA) is 46.2 Å². The van der Waals surface area contributed by atoms with Crippen molar-refractivity contribution in [1.82, 2.24) is 0 Å². The zero-order valence-electron chi connectivity index (χ0n) is 13.2. The highest BCUT2D eigenvalue weighted by molar-refractivity contribution is 5.51. The average Bonchev–Trinajstić information content (AvgIpc) is 2.58. The molecule has 0 bridgehead atoms. The molecule has 0 amide bonds. The summed E-state index contributed by atoms with van der Waals surface area (Å²) in [5.41, 5.74) is 5.85. The van der Waals surface area contributed by atoms with Crippen LogP contribution in [0.25, 0.3) is 0 Å². The van der Waals surface area contributed by atoms with Crippen LogP contribution in [-0.4, -0.2) is 11.3 Å². The van der Waals surface area contributed by atoms with Crippen molar-refractivity contribution in [2.45, 2.75) is 11.6 Å². The van der Waals surface area contributed by atoms with E-state index >= 15 is 0 Å². The minimum absolute atomic E-state index is 0.376. The number of hydrogen-bond donors (Lipinski definition) is 2. The summed E-state index contributed by atoms with van der Waals surface area (Å²) in [6.07, 6.45) is -1.48. The van der Waals surface area contributed by atoms with Crippen molar-refractivity contribution in [2.24, 2.45) is 5.73 Å². The fraction of sp³-hybridized carbons (Fsp3) is 0.100. The second kappa shape index (κ2) is 6.70. The highest BCUT2D eigenvalue weighted by Crippen LogP contribution is 2.41. The summed E-state index contributed by atoms with van der Waals surface area (Å²) in [4.78, 5) is 0. The predicted molar refractivity (Wildman–Crippen MR) is 89.3 cm³/mol. The fourth-order valence-electron chi connectivity index (χ4n) is 3.17. The first-order chi connectivity index (χ1) is 11.9.